The van der Waals surface area contributed by atoms with Crippen molar-refractivity contribution in [3.63, 3.8) is 0 Å². The van der Waals surface area contributed by atoms with Gasteiger partial charge in [-0.15, -0.1) is 0 Å². The van der Waals surface area contributed by atoms with Gasteiger partial charge >= 0.3 is 0 Å². The second kappa shape index (κ2) is 10.0. The maximum Gasteiger partial charge on any atom is 0.267 e. The van der Waals surface area contributed by atoms with E-state index in [2.05, 4.69) is 55.7 Å². The van der Waals surface area contributed by atoms with Crippen LogP contribution in [0.15, 0.2) is 48.5 Å². The molecule has 0 aliphatic carbocycles. The summed E-state index contributed by atoms with van der Waals surface area (Å²) >= 11 is 0. The fourth-order valence-corrected chi connectivity index (χ4v) is 3.08. The molecule has 168 valence electrons. The number of rotatable bonds is 8. The number of carbonyl (C=O) groups excluding carboxylic acids is 2. The zero-order chi connectivity index (χ0) is 23.2. The van der Waals surface area contributed by atoms with Gasteiger partial charge in [0.15, 0.2) is 0 Å². The van der Waals surface area contributed by atoms with Gasteiger partial charge in [0, 0.05) is 24.2 Å². The number of hydrogen-bond acceptors (Lipinski definition) is 5. The van der Waals surface area contributed by atoms with Crippen molar-refractivity contribution in [2.75, 3.05) is 6.54 Å². The van der Waals surface area contributed by atoms with Crippen LogP contribution in [0, 0.1) is 5.41 Å². The Labute approximate surface area is 184 Å². The third-order valence-electron chi connectivity index (χ3n) is 4.81. The van der Waals surface area contributed by atoms with Crippen LogP contribution in [0.2, 0.25) is 0 Å². The molecule has 31 heavy (non-hydrogen) atoms. The van der Waals surface area contributed by atoms with Crippen LogP contribution in [0.4, 0.5) is 0 Å². The Morgan fingerprint density at radius 2 is 1.45 bits per heavy atom. The first kappa shape index (κ1) is 24.5. The lowest BCUT2D eigenvalue weighted by Gasteiger charge is -2.29. The molecule has 0 unspecified atom stereocenters. The second-order valence-electron chi connectivity index (χ2n) is 9.64. The normalized spacial score (nSPS) is 12.9. The van der Waals surface area contributed by atoms with E-state index in [-0.39, 0.29) is 5.41 Å². The fourth-order valence-electron chi connectivity index (χ4n) is 3.08. The summed E-state index contributed by atoms with van der Waals surface area (Å²) in [5.41, 5.74) is 10.3. The van der Waals surface area contributed by atoms with E-state index in [4.69, 9.17) is 10.9 Å². The molecule has 0 spiro atoms. The Bertz CT molecular complexity index is 879. The van der Waals surface area contributed by atoms with E-state index in [0.29, 0.717) is 5.56 Å². The number of carbonyl (C=O) groups is 2. The van der Waals surface area contributed by atoms with Gasteiger partial charge in [-0.25, -0.2) is 5.48 Å². The zero-order valence-corrected chi connectivity index (χ0v) is 19.0. The lowest BCUT2D eigenvalue weighted by Crippen LogP contribution is -2.61. The number of nitrogens with one attached hydrogen (secondary N) is 3. The molecule has 7 nitrogen and oxygen atoms in total. The predicted octanol–water partition coefficient (Wildman–Crippen LogP) is 2.83. The molecule has 0 saturated carbocycles. The van der Waals surface area contributed by atoms with Crippen molar-refractivity contribution in [3.8, 4) is 11.1 Å². The largest absolute Gasteiger partial charge is 0.338 e. The molecule has 0 aliphatic rings. The number of hydrogen-bond donors (Lipinski definition) is 5. The van der Waals surface area contributed by atoms with Crippen LogP contribution >= 0.6 is 0 Å². The lowest BCUT2D eigenvalue weighted by molar-refractivity contribution is -0.132. The van der Waals surface area contributed by atoms with Crippen LogP contribution in [0.5, 0.6) is 0 Å². The summed E-state index contributed by atoms with van der Waals surface area (Å²) in [5.74, 6) is -1.21. The molecule has 0 bridgehead atoms. The molecule has 0 fully saturated rings. The first-order valence-electron chi connectivity index (χ1n) is 10.3. The molecular formula is C24H34N4O3. The van der Waals surface area contributed by atoms with Gasteiger partial charge in [-0.2, -0.15) is 0 Å². The summed E-state index contributed by atoms with van der Waals surface area (Å²) in [7, 11) is 0. The predicted molar refractivity (Wildman–Crippen MR) is 122 cm³/mol. The minimum atomic E-state index is -1.08. The van der Waals surface area contributed by atoms with E-state index in [1.54, 1.807) is 31.5 Å². The average Bonchev–Trinajstić information content (AvgIpc) is 2.70. The minimum absolute atomic E-state index is 0.246. The number of benzene rings is 2. The van der Waals surface area contributed by atoms with Crippen LogP contribution in [-0.4, -0.2) is 35.1 Å². The first-order valence-corrected chi connectivity index (χ1v) is 10.3. The maximum absolute atomic E-state index is 12.6. The molecular weight excluding hydrogens is 392 g/mol. The van der Waals surface area contributed by atoms with Crippen molar-refractivity contribution in [3.05, 3.63) is 59.7 Å². The Kier molecular flexibility index (Phi) is 7.95. The summed E-state index contributed by atoms with van der Waals surface area (Å²) in [6.45, 7) is 11.6. The standard InChI is InChI=1S/C24H34N4O3/c1-23(2,3)15-26-14-16-6-8-17(9-7-16)18-10-12-19(13-11-18)21(29)27-20(22(30)28-31)24(4,5)25/h6-13,20,26,31H,14-15,25H2,1-5H3,(H,27,29)(H,28,30)/t20-/m1/s1. The van der Waals surface area contributed by atoms with Crippen molar-refractivity contribution in [1.82, 2.24) is 16.1 Å². The van der Waals surface area contributed by atoms with Crippen LogP contribution in [0.1, 0.15) is 50.5 Å². The molecule has 2 rings (SSSR count). The molecule has 6 N–H and O–H groups in total. The molecule has 0 radical (unpaired) electrons. The molecule has 7 heteroatoms. The maximum atomic E-state index is 12.6. The van der Waals surface area contributed by atoms with Gasteiger partial charge in [0.25, 0.3) is 11.8 Å². The highest BCUT2D eigenvalue weighted by molar-refractivity contribution is 5.98. The SMILES string of the molecule is CC(C)(C)CNCc1ccc(-c2ccc(C(=O)N[C@H](C(=O)NO)C(C)(C)N)cc2)cc1. The number of nitrogens with two attached hydrogens (primary N) is 1. The van der Waals surface area contributed by atoms with Crippen molar-refractivity contribution < 1.29 is 14.8 Å². The molecule has 2 aromatic rings. The molecule has 0 aliphatic heterocycles. The van der Waals surface area contributed by atoms with Gasteiger partial charge in [-0.05, 0) is 48.1 Å². The van der Waals surface area contributed by atoms with Crippen LogP contribution in [-0.2, 0) is 11.3 Å². The summed E-state index contributed by atoms with van der Waals surface area (Å²) < 4.78 is 0. The third-order valence-corrected chi connectivity index (χ3v) is 4.81. The Balaban J connectivity index is 2.04. The third kappa shape index (κ3) is 7.47. The Hall–Kier alpha value is -2.74. The summed E-state index contributed by atoms with van der Waals surface area (Å²) in [5, 5.41) is 14.9. The highest BCUT2D eigenvalue weighted by atomic mass is 16.5. The van der Waals surface area contributed by atoms with E-state index < -0.39 is 23.4 Å². The molecule has 2 amide bonds. The van der Waals surface area contributed by atoms with Gasteiger partial charge in [0.05, 0.1) is 0 Å². The van der Waals surface area contributed by atoms with E-state index in [9.17, 15) is 9.59 Å². The minimum Gasteiger partial charge on any atom is -0.338 e. The molecule has 0 aromatic heterocycles. The monoisotopic (exact) mass is 426 g/mol. The van der Waals surface area contributed by atoms with Crippen molar-refractivity contribution in [2.45, 2.75) is 52.7 Å². The summed E-state index contributed by atoms with van der Waals surface area (Å²) in [6, 6.07) is 14.3. The lowest BCUT2D eigenvalue weighted by atomic mass is 9.94. The Morgan fingerprint density at radius 1 is 0.935 bits per heavy atom. The van der Waals surface area contributed by atoms with Crippen LogP contribution < -0.4 is 21.8 Å². The van der Waals surface area contributed by atoms with Gasteiger partial charge in [-0.3, -0.25) is 14.8 Å². The van der Waals surface area contributed by atoms with E-state index in [1.165, 1.54) is 5.56 Å². The number of amides is 2. The van der Waals surface area contributed by atoms with E-state index in [1.807, 2.05) is 12.1 Å². The van der Waals surface area contributed by atoms with Crippen molar-refractivity contribution >= 4 is 11.8 Å². The smallest absolute Gasteiger partial charge is 0.267 e. The fraction of sp³-hybridized carbons (Fsp3) is 0.417. The van der Waals surface area contributed by atoms with E-state index in [0.717, 1.165) is 24.2 Å². The van der Waals surface area contributed by atoms with Crippen molar-refractivity contribution in [1.29, 1.82) is 0 Å². The van der Waals surface area contributed by atoms with E-state index >= 15 is 0 Å². The zero-order valence-electron chi connectivity index (χ0n) is 19.0. The topological polar surface area (TPSA) is 116 Å². The number of hydroxylamine groups is 1. The quantitative estimate of drug-likeness (QED) is 0.329. The summed E-state index contributed by atoms with van der Waals surface area (Å²) in [4.78, 5) is 24.4. The van der Waals surface area contributed by atoms with Gasteiger partial charge in [-0.1, -0.05) is 57.2 Å². The van der Waals surface area contributed by atoms with Gasteiger partial charge in [0.2, 0.25) is 0 Å². The summed E-state index contributed by atoms with van der Waals surface area (Å²) in [6.07, 6.45) is 0. The highest BCUT2D eigenvalue weighted by Gasteiger charge is 2.33. The van der Waals surface area contributed by atoms with Crippen LogP contribution in [0.3, 0.4) is 0 Å². The molecule has 0 heterocycles. The van der Waals surface area contributed by atoms with Gasteiger partial charge < -0.3 is 16.4 Å². The van der Waals surface area contributed by atoms with Gasteiger partial charge in [0.1, 0.15) is 6.04 Å². The second-order valence-corrected chi connectivity index (χ2v) is 9.64. The molecule has 0 saturated heterocycles. The van der Waals surface area contributed by atoms with Crippen LogP contribution in [0.25, 0.3) is 11.1 Å². The van der Waals surface area contributed by atoms with Crippen molar-refractivity contribution in [2.24, 2.45) is 11.1 Å². The molecule has 1 atom stereocenters. The average molecular weight is 427 g/mol. The highest BCUT2D eigenvalue weighted by Crippen LogP contribution is 2.21. The Morgan fingerprint density at radius 3 is 1.90 bits per heavy atom. The first-order chi connectivity index (χ1) is 14.4. The molecule has 2 aromatic carbocycles.